The van der Waals surface area contributed by atoms with Gasteiger partial charge >= 0.3 is 0 Å². The van der Waals surface area contributed by atoms with Crippen LogP contribution in [0.15, 0.2) is 48.5 Å². The number of methoxy groups -OCH3 is 1. The molecule has 0 amide bonds. The fraction of sp³-hybridized carbons (Fsp3) is 0.368. The predicted molar refractivity (Wildman–Crippen MR) is 89.8 cm³/mol. The summed E-state index contributed by atoms with van der Waals surface area (Å²) in [6.45, 7) is 0.586. The Bertz CT molecular complexity index is 583. The van der Waals surface area contributed by atoms with E-state index in [1.165, 1.54) is 0 Å². The second-order valence-corrected chi connectivity index (χ2v) is 5.48. The number of aliphatic hydroxyl groups excluding tert-OH is 2. The summed E-state index contributed by atoms with van der Waals surface area (Å²) in [5, 5.41) is 18.7. The van der Waals surface area contributed by atoms with Crippen molar-refractivity contribution in [2.45, 2.75) is 32.0 Å². The molecule has 0 saturated carbocycles. The topological polar surface area (TPSA) is 58.9 Å². The van der Waals surface area contributed by atoms with Gasteiger partial charge < -0.3 is 19.7 Å². The average Bonchev–Trinajstić information content (AvgIpc) is 2.59. The van der Waals surface area contributed by atoms with E-state index in [4.69, 9.17) is 14.6 Å². The molecule has 1 unspecified atom stereocenters. The minimum absolute atomic E-state index is 0.104. The van der Waals surface area contributed by atoms with Crippen molar-refractivity contribution in [2.75, 3.05) is 13.7 Å². The normalized spacial score (nSPS) is 12.0. The molecule has 4 heteroatoms. The average molecular weight is 316 g/mol. The van der Waals surface area contributed by atoms with Crippen LogP contribution in [-0.2, 0) is 13.0 Å². The highest BCUT2D eigenvalue weighted by Crippen LogP contribution is 2.29. The third kappa shape index (κ3) is 5.58. The Morgan fingerprint density at radius 2 is 1.78 bits per heavy atom. The maximum absolute atomic E-state index is 9.94. The van der Waals surface area contributed by atoms with Crippen molar-refractivity contribution in [3.63, 3.8) is 0 Å². The predicted octanol–water partition coefficient (Wildman–Crippen LogP) is 2.95. The third-order valence-electron chi connectivity index (χ3n) is 3.63. The highest BCUT2D eigenvalue weighted by molar-refractivity contribution is 5.43. The van der Waals surface area contributed by atoms with Crippen LogP contribution in [0.2, 0.25) is 0 Å². The van der Waals surface area contributed by atoms with Crippen LogP contribution in [0.25, 0.3) is 0 Å². The zero-order valence-electron chi connectivity index (χ0n) is 13.4. The Morgan fingerprint density at radius 3 is 2.48 bits per heavy atom. The van der Waals surface area contributed by atoms with Crippen LogP contribution in [0.3, 0.4) is 0 Å². The molecule has 0 saturated heterocycles. The molecule has 4 nitrogen and oxygen atoms in total. The highest BCUT2D eigenvalue weighted by Gasteiger charge is 2.10. The molecule has 0 aliphatic rings. The largest absolute Gasteiger partial charge is 0.493 e. The monoisotopic (exact) mass is 316 g/mol. The first-order valence-electron chi connectivity index (χ1n) is 7.85. The van der Waals surface area contributed by atoms with Crippen molar-refractivity contribution in [1.29, 1.82) is 0 Å². The summed E-state index contributed by atoms with van der Waals surface area (Å²) in [6, 6.07) is 15.7. The van der Waals surface area contributed by atoms with Gasteiger partial charge in [0.1, 0.15) is 6.61 Å². The minimum Gasteiger partial charge on any atom is -0.493 e. The zero-order valence-corrected chi connectivity index (χ0v) is 13.4. The molecular weight excluding hydrogens is 292 g/mol. The second-order valence-electron chi connectivity index (χ2n) is 5.48. The van der Waals surface area contributed by atoms with E-state index in [9.17, 15) is 5.11 Å². The van der Waals surface area contributed by atoms with Gasteiger partial charge in [0, 0.05) is 6.61 Å². The molecule has 0 aliphatic carbocycles. The van der Waals surface area contributed by atoms with E-state index in [0.29, 0.717) is 37.4 Å². The van der Waals surface area contributed by atoms with Gasteiger partial charge in [-0.2, -0.15) is 0 Å². The first-order chi connectivity index (χ1) is 11.2. The van der Waals surface area contributed by atoms with E-state index < -0.39 is 6.10 Å². The van der Waals surface area contributed by atoms with Crippen molar-refractivity contribution in [2.24, 2.45) is 0 Å². The molecule has 124 valence electrons. The quantitative estimate of drug-likeness (QED) is 0.747. The van der Waals surface area contributed by atoms with Gasteiger partial charge in [-0.3, -0.25) is 0 Å². The molecular formula is C19H24O4. The fourth-order valence-corrected chi connectivity index (χ4v) is 2.39. The van der Waals surface area contributed by atoms with E-state index in [0.717, 1.165) is 11.1 Å². The van der Waals surface area contributed by atoms with E-state index in [1.54, 1.807) is 7.11 Å². The lowest BCUT2D eigenvalue weighted by atomic mass is 10.0. The molecule has 23 heavy (non-hydrogen) atoms. The molecule has 0 bridgehead atoms. The van der Waals surface area contributed by atoms with Gasteiger partial charge in [0.15, 0.2) is 11.5 Å². The molecule has 1 atom stereocenters. The van der Waals surface area contributed by atoms with Gasteiger partial charge in [0.05, 0.1) is 13.2 Å². The van der Waals surface area contributed by atoms with Crippen LogP contribution in [0.4, 0.5) is 0 Å². The molecule has 2 aromatic carbocycles. The lowest BCUT2D eigenvalue weighted by Crippen LogP contribution is -2.11. The Kier molecular flexibility index (Phi) is 6.91. The van der Waals surface area contributed by atoms with Crippen LogP contribution in [0.1, 0.15) is 24.0 Å². The summed E-state index contributed by atoms with van der Waals surface area (Å²) in [5.74, 6) is 1.35. The summed E-state index contributed by atoms with van der Waals surface area (Å²) >= 11 is 0. The third-order valence-corrected chi connectivity index (χ3v) is 3.63. The van der Waals surface area contributed by atoms with Crippen molar-refractivity contribution in [3.8, 4) is 11.5 Å². The van der Waals surface area contributed by atoms with Gasteiger partial charge in [-0.25, -0.2) is 0 Å². The van der Waals surface area contributed by atoms with Crippen LogP contribution < -0.4 is 9.47 Å². The smallest absolute Gasteiger partial charge is 0.161 e. The van der Waals surface area contributed by atoms with Gasteiger partial charge in [-0.1, -0.05) is 36.4 Å². The van der Waals surface area contributed by atoms with Crippen molar-refractivity contribution >= 4 is 0 Å². The Hall–Kier alpha value is -2.04. The van der Waals surface area contributed by atoms with Gasteiger partial charge in [-0.05, 0) is 42.5 Å². The molecule has 0 aliphatic heterocycles. The van der Waals surface area contributed by atoms with Gasteiger partial charge in [0.25, 0.3) is 0 Å². The summed E-state index contributed by atoms with van der Waals surface area (Å²) in [6.07, 6.45) is 1.28. The number of benzene rings is 2. The molecule has 0 aromatic heterocycles. The summed E-state index contributed by atoms with van der Waals surface area (Å²) in [5.41, 5.74) is 2.08. The van der Waals surface area contributed by atoms with Crippen molar-refractivity contribution < 1.29 is 19.7 Å². The second kappa shape index (κ2) is 9.18. The molecule has 2 rings (SSSR count). The maximum Gasteiger partial charge on any atom is 0.161 e. The Morgan fingerprint density at radius 1 is 1.00 bits per heavy atom. The van der Waals surface area contributed by atoms with Crippen LogP contribution in [0, 0.1) is 0 Å². The summed E-state index contributed by atoms with van der Waals surface area (Å²) < 4.78 is 11.2. The van der Waals surface area contributed by atoms with Crippen LogP contribution in [-0.4, -0.2) is 30.0 Å². The molecule has 0 radical (unpaired) electrons. The molecule has 0 fully saturated rings. The standard InChI is InChI=1S/C19H24O4/c1-22-19-13-16(12-17(21)8-5-11-20)9-10-18(19)23-14-15-6-3-2-4-7-15/h2-4,6-7,9-10,13,17,20-21H,5,8,11-12,14H2,1H3. The van der Waals surface area contributed by atoms with E-state index >= 15 is 0 Å². The first kappa shape index (κ1) is 17.3. The Balaban J connectivity index is 1.98. The van der Waals surface area contributed by atoms with E-state index in [1.807, 2.05) is 48.5 Å². The number of ether oxygens (including phenoxy) is 2. The number of hydrogen-bond donors (Lipinski definition) is 2. The lowest BCUT2D eigenvalue weighted by Gasteiger charge is -2.14. The summed E-state index contributed by atoms with van der Waals surface area (Å²) in [4.78, 5) is 0. The van der Waals surface area contributed by atoms with Crippen molar-refractivity contribution in [3.05, 3.63) is 59.7 Å². The maximum atomic E-state index is 9.94. The van der Waals surface area contributed by atoms with E-state index in [2.05, 4.69) is 0 Å². The molecule has 2 aromatic rings. The first-order valence-corrected chi connectivity index (χ1v) is 7.85. The zero-order chi connectivity index (χ0) is 16.5. The number of rotatable bonds is 9. The van der Waals surface area contributed by atoms with Crippen LogP contribution >= 0.6 is 0 Å². The minimum atomic E-state index is -0.456. The van der Waals surface area contributed by atoms with Crippen molar-refractivity contribution in [1.82, 2.24) is 0 Å². The molecule has 0 spiro atoms. The van der Waals surface area contributed by atoms with E-state index in [-0.39, 0.29) is 6.61 Å². The fourth-order valence-electron chi connectivity index (χ4n) is 2.39. The lowest BCUT2D eigenvalue weighted by molar-refractivity contribution is 0.150. The summed E-state index contributed by atoms with van der Waals surface area (Å²) in [7, 11) is 1.61. The van der Waals surface area contributed by atoms with Gasteiger partial charge in [-0.15, -0.1) is 0 Å². The van der Waals surface area contributed by atoms with Gasteiger partial charge in [0.2, 0.25) is 0 Å². The molecule has 0 heterocycles. The SMILES string of the molecule is COc1cc(CC(O)CCCO)ccc1OCc1ccccc1. The molecule has 2 N–H and O–H groups in total. The Labute approximate surface area is 137 Å². The number of hydrogen-bond acceptors (Lipinski definition) is 4. The number of aliphatic hydroxyl groups is 2. The van der Waals surface area contributed by atoms with Crippen LogP contribution in [0.5, 0.6) is 11.5 Å². The highest BCUT2D eigenvalue weighted by atomic mass is 16.5.